The van der Waals surface area contributed by atoms with Crippen molar-refractivity contribution in [2.75, 3.05) is 18.1 Å². The van der Waals surface area contributed by atoms with Gasteiger partial charge < -0.3 is 9.64 Å². The predicted molar refractivity (Wildman–Crippen MR) is 99.6 cm³/mol. The molecule has 0 aliphatic carbocycles. The van der Waals surface area contributed by atoms with Gasteiger partial charge in [0, 0.05) is 30.8 Å². The van der Waals surface area contributed by atoms with Gasteiger partial charge in [-0.1, -0.05) is 0 Å². The second-order valence-corrected chi connectivity index (χ2v) is 7.00. The predicted octanol–water partition coefficient (Wildman–Crippen LogP) is 1.32. The maximum atomic E-state index is 12.5. The average molecular weight is 364 g/mol. The van der Waals surface area contributed by atoms with Crippen LogP contribution in [0, 0.1) is 0 Å². The van der Waals surface area contributed by atoms with Crippen molar-refractivity contribution in [2.24, 2.45) is 0 Å². The Bertz CT molecular complexity index is 1040. The Labute approximate surface area is 155 Å². The summed E-state index contributed by atoms with van der Waals surface area (Å²) in [7, 11) is 0. The molecule has 2 aliphatic heterocycles. The zero-order valence-corrected chi connectivity index (χ0v) is 14.9. The second kappa shape index (κ2) is 6.70. The van der Waals surface area contributed by atoms with E-state index in [2.05, 4.69) is 25.0 Å². The molecule has 138 valence electrons. The summed E-state index contributed by atoms with van der Waals surface area (Å²) in [5, 5.41) is 5.56. The van der Waals surface area contributed by atoms with Crippen molar-refractivity contribution in [1.82, 2.24) is 24.7 Å². The van der Waals surface area contributed by atoms with Gasteiger partial charge >= 0.3 is 0 Å². The van der Waals surface area contributed by atoms with Crippen molar-refractivity contribution < 1.29 is 4.74 Å². The van der Waals surface area contributed by atoms with Gasteiger partial charge in [0.15, 0.2) is 5.65 Å². The van der Waals surface area contributed by atoms with Gasteiger partial charge in [-0.3, -0.25) is 4.79 Å². The first-order valence-corrected chi connectivity index (χ1v) is 9.29. The molecule has 2 aliphatic rings. The van der Waals surface area contributed by atoms with E-state index in [1.807, 2.05) is 12.1 Å². The van der Waals surface area contributed by atoms with Crippen LogP contribution in [0.15, 0.2) is 35.5 Å². The fraction of sp³-hybridized carbons (Fsp3) is 0.421. The van der Waals surface area contributed by atoms with Gasteiger partial charge in [-0.05, 0) is 25.0 Å². The first-order chi connectivity index (χ1) is 13.3. The maximum absolute atomic E-state index is 12.5. The van der Waals surface area contributed by atoms with E-state index in [0.29, 0.717) is 25.4 Å². The summed E-state index contributed by atoms with van der Waals surface area (Å²) in [5.74, 6) is 0.884. The lowest BCUT2D eigenvalue weighted by molar-refractivity contribution is 0.108. The molecule has 1 saturated heterocycles. The monoisotopic (exact) mass is 364 g/mol. The lowest BCUT2D eigenvalue weighted by Gasteiger charge is -2.27. The van der Waals surface area contributed by atoms with Gasteiger partial charge in [0.1, 0.15) is 12.1 Å². The Balaban J connectivity index is 1.48. The van der Waals surface area contributed by atoms with E-state index < -0.39 is 0 Å². The van der Waals surface area contributed by atoms with Crippen LogP contribution in [0.2, 0.25) is 0 Å². The van der Waals surface area contributed by atoms with Gasteiger partial charge in [-0.15, -0.1) is 0 Å². The maximum Gasteiger partial charge on any atom is 0.267 e. The Morgan fingerprint density at radius 3 is 3.19 bits per heavy atom. The van der Waals surface area contributed by atoms with E-state index in [9.17, 15) is 4.79 Å². The fourth-order valence-corrected chi connectivity index (χ4v) is 4.00. The molecule has 0 aromatic carbocycles. The molecule has 0 saturated carbocycles. The van der Waals surface area contributed by atoms with Crippen LogP contribution < -0.4 is 10.5 Å². The topological polar surface area (TPSA) is 86.0 Å². The number of hydrogen-bond acceptors (Lipinski definition) is 7. The van der Waals surface area contributed by atoms with Crippen LogP contribution in [0.4, 0.5) is 5.82 Å². The number of fused-ring (bicyclic) bond motifs is 2. The van der Waals surface area contributed by atoms with Crippen LogP contribution in [0.5, 0.6) is 0 Å². The molecule has 1 atom stereocenters. The lowest BCUT2D eigenvalue weighted by Crippen LogP contribution is -2.38. The van der Waals surface area contributed by atoms with Crippen molar-refractivity contribution in [3.05, 3.63) is 52.3 Å². The van der Waals surface area contributed by atoms with Crippen LogP contribution in [0.25, 0.3) is 11.0 Å². The number of pyridine rings is 1. The standard InChI is InChI=1S/C19H20N6O2/c26-17-9-13-11-27-8-5-16(13)23-25(17)10-14-3-2-7-24(14)19-15-4-1-6-20-18(15)21-12-22-19/h1,4,6,9,12,14H,2-3,5,7-8,10-11H2. The van der Waals surface area contributed by atoms with Crippen molar-refractivity contribution >= 4 is 16.9 Å². The van der Waals surface area contributed by atoms with E-state index in [0.717, 1.165) is 48.3 Å². The third-order valence-corrected chi connectivity index (χ3v) is 5.33. The molecule has 3 aromatic heterocycles. The highest BCUT2D eigenvalue weighted by Gasteiger charge is 2.28. The van der Waals surface area contributed by atoms with Gasteiger partial charge in [0.2, 0.25) is 0 Å². The number of hydrogen-bond donors (Lipinski definition) is 0. The number of ether oxygens (including phenoxy) is 1. The minimum absolute atomic E-state index is 0.0692. The Morgan fingerprint density at radius 1 is 1.26 bits per heavy atom. The molecule has 0 spiro atoms. The molecule has 5 rings (SSSR count). The van der Waals surface area contributed by atoms with E-state index in [4.69, 9.17) is 4.74 Å². The number of rotatable bonds is 3. The third-order valence-electron chi connectivity index (χ3n) is 5.33. The van der Waals surface area contributed by atoms with Crippen LogP contribution in [0.3, 0.4) is 0 Å². The van der Waals surface area contributed by atoms with Crippen LogP contribution in [-0.4, -0.2) is 43.9 Å². The van der Waals surface area contributed by atoms with E-state index in [1.165, 1.54) is 0 Å². The highest BCUT2D eigenvalue weighted by molar-refractivity contribution is 5.86. The molecule has 0 bridgehead atoms. The third kappa shape index (κ3) is 2.95. The summed E-state index contributed by atoms with van der Waals surface area (Å²) < 4.78 is 7.03. The molecule has 27 heavy (non-hydrogen) atoms. The SMILES string of the molecule is O=c1cc2c(nn1CC1CCCN1c1ncnc3ncccc13)CCOC2. The minimum atomic E-state index is -0.0692. The van der Waals surface area contributed by atoms with Crippen molar-refractivity contribution in [3.8, 4) is 0 Å². The van der Waals surface area contributed by atoms with Crippen molar-refractivity contribution in [1.29, 1.82) is 0 Å². The molecular weight excluding hydrogens is 344 g/mol. The second-order valence-electron chi connectivity index (χ2n) is 7.00. The fourth-order valence-electron chi connectivity index (χ4n) is 4.00. The molecule has 0 N–H and O–H groups in total. The highest BCUT2D eigenvalue weighted by atomic mass is 16.5. The molecule has 3 aromatic rings. The Kier molecular flexibility index (Phi) is 4.05. The normalized spacial score (nSPS) is 19.4. The van der Waals surface area contributed by atoms with Crippen LogP contribution in [0.1, 0.15) is 24.1 Å². The summed E-state index contributed by atoms with van der Waals surface area (Å²) >= 11 is 0. The first-order valence-electron chi connectivity index (χ1n) is 9.29. The van der Waals surface area contributed by atoms with E-state index in [1.54, 1.807) is 23.3 Å². The summed E-state index contributed by atoms with van der Waals surface area (Å²) in [6.07, 6.45) is 6.11. The molecular formula is C19H20N6O2. The van der Waals surface area contributed by atoms with Crippen LogP contribution >= 0.6 is 0 Å². The quantitative estimate of drug-likeness (QED) is 0.693. The number of anilines is 1. The molecule has 0 radical (unpaired) electrons. The van der Waals surface area contributed by atoms with Crippen LogP contribution in [-0.2, 0) is 24.3 Å². The zero-order chi connectivity index (χ0) is 18.2. The molecule has 8 heteroatoms. The lowest BCUT2D eigenvalue weighted by atomic mass is 10.1. The van der Waals surface area contributed by atoms with Crippen molar-refractivity contribution in [3.63, 3.8) is 0 Å². The van der Waals surface area contributed by atoms with E-state index >= 15 is 0 Å². The highest BCUT2D eigenvalue weighted by Crippen LogP contribution is 2.29. The molecule has 1 fully saturated rings. The number of aromatic nitrogens is 5. The molecule has 8 nitrogen and oxygen atoms in total. The summed E-state index contributed by atoms with van der Waals surface area (Å²) in [6, 6.07) is 5.74. The largest absolute Gasteiger partial charge is 0.376 e. The summed E-state index contributed by atoms with van der Waals surface area (Å²) in [6.45, 7) is 2.60. The van der Waals surface area contributed by atoms with Gasteiger partial charge in [-0.25, -0.2) is 19.6 Å². The average Bonchev–Trinajstić information content (AvgIpc) is 3.16. The van der Waals surface area contributed by atoms with Gasteiger partial charge in [-0.2, -0.15) is 5.10 Å². The van der Waals surface area contributed by atoms with Gasteiger partial charge in [0.25, 0.3) is 5.56 Å². The smallest absolute Gasteiger partial charge is 0.267 e. The van der Waals surface area contributed by atoms with Gasteiger partial charge in [0.05, 0.1) is 36.9 Å². The van der Waals surface area contributed by atoms with E-state index in [-0.39, 0.29) is 11.6 Å². The minimum Gasteiger partial charge on any atom is -0.376 e. The zero-order valence-electron chi connectivity index (χ0n) is 14.9. The first kappa shape index (κ1) is 16.3. The summed E-state index contributed by atoms with van der Waals surface area (Å²) in [4.78, 5) is 27.9. The summed E-state index contributed by atoms with van der Waals surface area (Å²) in [5.41, 5.74) is 2.51. The Hall–Kier alpha value is -2.87. The molecule has 0 amide bonds. The van der Waals surface area contributed by atoms with Crippen molar-refractivity contribution in [2.45, 2.75) is 38.5 Å². The number of nitrogens with zero attached hydrogens (tertiary/aromatic N) is 6. The Morgan fingerprint density at radius 2 is 2.22 bits per heavy atom. The molecule has 1 unspecified atom stereocenters. The molecule has 5 heterocycles.